The largest absolute Gasteiger partial charge is 0.349 e. The first-order chi connectivity index (χ1) is 12.1. The van der Waals surface area contributed by atoms with E-state index in [1.807, 2.05) is 35.2 Å². The zero-order valence-electron chi connectivity index (χ0n) is 15.0. The Morgan fingerprint density at radius 2 is 1.72 bits per heavy atom. The van der Waals surface area contributed by atoms with Gasteiger partial charge < -0.3 is 15.5 Å². The van der Waals surface area contributed by atoms with Crippen LogP contribution in [0, 0.1) is 0 Å². The summed E-state index contributed by atoms with van der Waals surface area (Å²) in [4.78, 5) is 26.5. The molecule has 0 bridgehead atoms. The highest BCUT2D eigenvalue weighted by atomic mass is 16.2. The van der Waals surface area contributed by atoms with Crippen molar-refractivity contribution in [3.8, 4) is 0 Å². The molecule has 5 nitrogen and oxygen atoms in total. The summed E-state index contributed by atoms with van der Waals surface area (Å²) >= 11 is 0. The summed E-state index contributed by atoms with van der Waals surface area (Å²) in [6, 6.07) is 10.4. The molecule has 1 aromatic carbocycles. The molecule has 1 aliphatic heterocycles. The van der Waals surface area contributed by atoms with Gasteiger partial charge in [-0.05, 0) is 57.6 Å². The lowest BCUT2D eigenvalue weighted by molar-refractivity contribution is -0.130. The molecule has 3 rings (SSSR count). The molecule has 1 aromatic rings. The van der Waals surface area contributed by atoms with Crippen LogP contribution in [0.15, 0.2) is 30.3 Å². The van der Waals surface area contributed by atoms with Crippen molar-refractivity contribution in [3.63, 3.8) is 0 Å². The van der Waals surface area contributed by atoms with Gasteiger partial charge in [-0.1, -0.05) is 18.2 Å². The molecule has 1 saturated heterocycles. The van der Waals surface area contributed by atoms with Gasteiger partial charge in [-0.2, -0.15) is 0 Å². The molecular weight excluding hydrogens is 314 g/mol. The lowest BCUT2D eigenvalue weighted by atomic mass is 9.91. The van der Waals surface area contributed by atoms with Gasteiger partial charge in [0, 0.05) is 30.2 Å². The molecule has 0 radical (unpaired) electrons. The number of rotatable bonds is 5. The average molecular weight is 343 g/mol. The highest BCUT2D eigenvalue weighted by molar-refractivity contribution is 5.94. The molecule has 1 atom stereocenters. The SMILES string of the molecule is C[C@@H]1CCCN1C(=O)CNC1CCC(NC(=O)c2ccccc2)CC1. The van der Waals surface area contributed by atoms with Crippen LogP contribution in [-0.2, 0) is 4.79 Å². The Morgan fingerprint density at radius 3 is 2.36 bits per heavy atom. The Kier molecular flexibility index (Phi) is 6.08. The summed E-state index contributed by atoms with van der Waals surface area (Å²) in [5, 5.41) is 6.55. The summed E-state index contributed by atoms with van der Waals surface area (Å²) in [5.74, 6) is 0.236. The molecular formula is C20H29N3O2. The second kappa shape index (κ2) is 8.48. The summed E-state index contributed by atoms with van der Waals surface area (Å²) < 4.78 is 0. The van der Waals surface area contributed by atoms with E-state index >= 15 is 0 Å². The Bertz CT molecular complexity index is 582. The van der Waals surface area contributed by atoms with Crippen molar-refractivity contribution in [2.45, 2.75) is 63.6 Å². The predicted molar refractivity (Wildman–Crippen MR) is 98.4 cm³/mol. The monoisotopic (exact) mass is 343 g/mol. The van der Waals surface area contributed by atoms with Crippen LogP contribution in [0.3, 0.4) is 0 Å². The van der Waals surface area contributed by atoms with Gasteiger partial charge in [0.2, 0.25) is 5.91 Å². The maximum Gasteiger partial charge on any atom is 0.251 e. The molecule has 2 amide bonds. The van der Waals surface area contributed by atoms with Gasteiger partial charge in [0.15, 0.2) is 0 Å². The molecule has 2 N–H and O–H groups in total. The third-order valence-corrected chi connectivity index (χ3v) is 5.51. The van der Waals surface area contributed by atoms with Gasteiger partial charge in [-0.25, -0.2) is 0 Å². The van der Waals surface area contributed by atoms with E-state index in [9.17, 15) is 9.59 Å². The number of nitrogens with one attached hydrogen (secondary N) is 2. The van der Waals surface area contributed by atoms with Crippen LogP contribution in [0.2, 0.25) is 0 Å². The standard InChI is InChI=1S/C20H29N3O2/c1-15-6-5-13-23(15)19(24)14-21-17-9-11-18(12-10-17)22-20(25)16-7-3-2-4-8-16/h2-4,7-8,15,17-18,21H,5-6,9-14H2,1H3,(H,22,25)/t15-,17?,18?/m1/s1. The zero-order valence-corrected chi connectivity index (χ0v) is 15.0. The smallest absolute Gasteiger partial charge is 0.251 e. The van der Waals surface area contributed by atoms with Crippen molar-refractivity contribution in [2.75, 3.05) is 13.1 Å². The summed E-state index contributed by atoms with van der Waals surface area (Å²) in [6.45, 7) is 3.47. The van der Waals surface area contributed by atoms with E-state index in [1.165, 1.54) is 0 Å². The minimum atomic E-state index is 0.00945. The molecule has 2 aliphatic rings. The van der Waals surface area contributed by atoms with Gasteiger partial charge >= 0.3 is 0 Å². The molecule has 0 aromatic heterocycles. The van der Waals surface area contributed by atoms with E-state index in [0.717, 1.165) is 45.1 Å². The van der Waals surface area contributed by atoms with Crippen LogP contribution in [0.4, 0.5) is 0 Å². The van der Waals surface area contributed by atoms with E-state index in [0.29, 0.717) is 24.2 Å². The van der Waals surface area contributed by atoms with Gasteiger partial charge in [0.1, 0.15) is 0 Å². The number of hydrogen-bond donors (Lipinski definition) is 2. The Hall–Kier alpha value is -1.88. The molecule has 1 aliphatic carbocycles. The lowest BCUT2D eigenvalue weighted by Gasteiger charge is -2.30. The fourth-order valence-electron chi connectivity index (χ4n) is 3.94. The predicted octanol–water partition coefficient (Wildman–Crippen LogP) is 2.33. The molecule has 5 heteroatoms. The molecule has 25 heavy (non-hydrogen) atoms. The second-order valence-electron chi connectivity index (χ2n) is 7.35. The Morgan fingerprint density at radius 1 is 1.04 bits per heavy atom. The Balaban J connectivity index is 1.37. The summed E-state index contributed by atoms with van der Waals surface area (Å²) in [7, 11) is 0. The van der Waals surface area contributed by atoms with Gasteiger partial charge in [0.05, 0.1) is 6.54 Å². The average Bonchev–Trinajstić information content (AvgIpc) is 3.07. The number of likely N-dealkylation sites (tertiary alicyclic amines) is 1. The van der Waals surface area contributed by atoms with Gasteiger partial charge in [0.25, 0.3) is 5.91 Å². The normalized spacial score (nSPS) is 26.4. The highest BCUT2D eigenvalue weighted by Gasteiger charge is 2.27. The minimum absolute atomic E-state index is 0.00945. The summed E-state index contributed by atoms with van der Waals surface area (Å²) in [6.07, 6.45) is 6.18. The topological polar surface area (TPSA) is 61.4 Å². The van der Waals surface area contributed by atoms with Crippen molar-refractivity contribution in [1.82, 2.24) is 15.5 Å². The van der Waals surface area contributed by atoms with Crippen LogP contribution in [0.1, 0.15) is 55.8 Å². The first-order valence-corrected chi connectivity index (χ1v) is 9.52. The van der Waals surface area contributed by atoms with Crippen LogP contribution in [-0.4, -0.2) is 47.9 Å². The fourth-order valence-corrected chi connectivity index (χ4v) is 3.94. The minimum Gasteiger partial charge on any atom is -0.349 e. The van der Waals surface area contributed by atoms with Crippen LogP contribution >= 0.6 is 0 Å². The lowest BCUT2D eigenvalue weighted by Crippen LogP contribution is -2.46. The van der Waals surface area contributed by atoms with Gasteiger partial charge in [-0.3, -0.25) is 9.59 Å². The van der Waals surface area contributed by atoms with E-state index in [1.54, 1.807) is 0 Å². The van der Waals surface area contributed by atoms with E-state index in [-0.39, 0.29) is 17.9 Å². The Labute approximate surface area is 150 Å². The third-order valence-electron chi connectivity index (χ3n) is 5.51. The maximum absolute atomic E-state index is 12.3. The summed E-state index contributed by atoms with van der Waals surface area (Å²) in [5.41, 5.74) is 0.716. The number of benzene rings is 1. The number of hydrogen-bond acceptors (Lipinski definition) is 3. The van der Waals surface area contributed by atoms with Crippen LogP contribution in [0.5, 0.6) is 0 Å². The molecule has 2 fully saturated rings. The number of carbonyl (C=O) groups excluding carboxylic acids is 2. The first-order valence-electron chi connectivity index (χ1n) is 9.52. The maximum atomic E-state index is 12.3. The highest BCUT2D eigenvalue weighted by Crippen LogP contribution is 2.20. The van der Waals surface area contributed by atoms with E-state index in [4.69, 9.17) is 0 Å². The van der Waals surface area contributed by atoms with Crippen molar-refractivity contribution in [1.29, 1.82) is 0 Å². The zero-order chi connectivity index (χ0) is 17.6. The van der Waals surface area contributed by atoms with Crippen molar-refractivity contribution < 1.29 is 9.59 Å². The van der Waals surface area contributed by atoms with Crippen LogP contribution < -0.4 is 10.6 Å². The quantitative estimate of drug-likeness (QED) is 0.862. The molecule has 1 heterocycles. The van der Waals surface area contributed by atoms with E-state index < -0.39 is 0 Å². The van der Waals surface area contributed by atoms with E-state index in [2.05, 4.69) is 17.6 Å². The van der Waals surface area contributed by atoms with Gasteiger partial charge in [-0.15, -0.1) is 0 Å². The molecule has 1 saturated carbocycles. The fraction of sp³-hybridized carbons (Fsp3) is 0.600. The van der Waals surface area contributed by atoms with Crippen molar-refractivity contribution >= 4 is 11.8 Å². The number of amides is 2. The first kappa shape index (κ1) is 17.9. The second-order valence-corrected chi connectivity index (χ2v) is 7.35. The van der Waals surface area contributed by atoms with Crippen LogP contribution in [0.25, 0.3) is 0 Å². The molecule has 0 spiro atoms. The third kappa shape index (κ3) is 4.82. The number of carbonyl (C=O) groups is 2. The van der Waals surface area contributed by atoms with Crippen molar-refractivity contribution in [3.05, 3.63) is 35.9 Å². The number of nitrogens with zero attached hydrogens (tertiary/aromatic N) is 1. The van der Waals surface area contributed by atoms with Crippen molar-refractivity contribution in [2.24, 2.45) is 0 Å². The molecule has 0 unspecified atom stereocenters. The molecule has 136 valence electrons.